The number of aromatic nitrogens is 1. The number of nitrogens with zero attached hydrogens (tertiary/aromatic N) is 2. The maximum atomic E-state index is 13.0. The molecule has 1 aromatic heterocycles. The van der Waals surface area contributed by atoms with Crippen molar-refractivity contribution in [3.63, 3.8) is 0 Å². The summed E-state index contributed by atoms with van der Waals surface area (Å²) in [4.78, 5) is 28.1. The molecule has 0 aromatic carbocycles. The molecule has 28 heavy (non-hydrogen) atoms. The number of rotatable bonds is 6. The van der Waals surface area contributed by atoms with Gasteiger partial charge in [0, 0.05) is 43.0 Å². The van der Waals surface area contributed by atoms with Crippen LogP contribution in [-0.4, -0.2) is 47.8 Å². The Bertz CT molecular complexity index is 777. The average Bonchev–Trinajstić information content (AvgIpc) is 3.05. The van der Waals surface area contributed by atoms with Crippen LogP contribution in [0.4, 0.5) is 0 Å². The number of likely N-dealkylation sites (tertiary alicyclic amines) is 1. The molecule has 5 nitrogen and oxygen atoms in total. The van der Waals surface area contributed by atoms with Gasteiger partial charge in [-0.3, -0.25) is 9.59 Å². The molecule has 1 fully saturated rings. The van der Waals surface area contributed by atoms with E-state index < -0.39 is 0 Å². The number of nitrogens with one attached hydrogen (secondary N) is 1. The molecule has 2 aliphatic rings. The van der Waals surface area contributed by atoms with Crippen molar-refractivity contribution in [2.45, 2.75) is 73.3 Å². The minimum atomic E-state index is -0.0109. The van der Waals surface area contributed by atoms with E-state index >= 15 is 0 Å². The molecule has 156 valence electrons. The number of hydrogen-bond acceptors (Lipinski definition) is 3. The average molecular weight is 388 g/mol. The van der Waals surface area contributed by atoms with Gasteiger partial charge in [-0.15, -0.1) is 0 Å². The molecular formula is C23H37N3O2. The third-order valence-corrected chi connectivity index (χ3v) is 6.57. The molecule has 0 spiro atoms. The minimum Gasteiger partial charge on any atom is -0.355 e. The SMILES string of the molecule is CCCn1c(C)c(CC(=O)NCC2(C)CCN(C)C2)c2c1CC(C)(C)CC2=O. The van der Waals surface area contributed by atoms with E-state index in [-0.39, 0.29) is 22.5 Å². The first-order chi connectivity index (χ1) is 13.1. The number of amides is 1. The smallest absolute Gasteiger partial charge is 0.224 e. The summed E-state index contributed by atoms with van der Waals surface area (Å²) in [6, 6.07) is 0. The lowest BCUT2D eigenvalue weighted by molar-refractivity contribution is -0.120. The highest BCUT2D eigenvalue weighted by molar-refractivity contribution is 6.01. The highest BCUT2D eigenvalue weighted by Gasteiger charge is 2.37. The Hall–Kier alpha value is -1.62. The summed E-state index contributed by atoms with van der Waals surface area (Å²) < 4.78 is 2.30. The predicted octanol–water partition coefficient (Wildman–Crippen LogP) is 3.36. The predicted molar refractivity (Wildman–Crippen MR) is 113 cm³/mol. The van der Waals surface area contributed by atoms with Gasteiger partial charge in [-0.05, 0) is 56.2 Å². The number of ketones is 1. The van der Waals surface area contributed by atoms with E-state index in [1.807, 2.05) is 0 Å². The molecule has 0 bridgehead atoms. The van der Waals surface area contributed by atoms with E-state index in [0.29, 0.717) is 19.4 Å². The Kier molecular flexibility index (Phi) is 5.77. The third kappa shape index (κ3) is 4.19. The van der Waals surface area contributed by atoms with Crippen molar-refractivity contribution in [2.75, 3.05) is 26.7 Å². The Morgan fingerprint density at radius 2 is 1.93 bits per heavy atom. The maximum Gasteiger partial charge on any atom is 0.224 e. The lowest BCUT2D eigenvalue weighted by atomic mass is 9.75. The number of fused-ring (bicyclic) bond motifs is 1. The maximum absolute atomic E-state index is 13.0. The van der Waals surface area contributed by atoms with Crippen LogP contribution >= 0.6 is 0 Å². The van der Waals surface area contributed by atoms with E-state index in [1.165, 1.54) is 0 Å². The molecule has 5 heteroatoms. The molecule has 1 aliphatic carbocycles. The number of Topliss-reactive ketones (excluding diaryl/α,β-unsaturated/α-hetero) is 1. The van der Waals surface area contributed by atoms with Crippen LogP contribution in [0.25, 0.3) is 0 Å². The van der Waals surface area contributed by atoms with E-state index in [1.54, 1.807) is 0 Å². The third-order valence-electron chi connectivity index (χ3n) is 6.57. The zero-order valence-corrected chi connectivity index (χ0v) is 18.6. The van der Waals surface area contributed by atoms with Gasteiger partial charge in [0.25, 0.3) is 0 Å². The number of carbonyl (C=O) groups excluding carboxylic acids is 2. The summed E-state index contributed by atoms with van der Waals surface area (Å²) in [5.41, 5.74) is 4.17. The molecule has 2 heterocycles. The van der Waals surface area contributed by atoms with Crippen molar-refractivity contribution in [1.29, 1.82) is 0 Å². The minimum absolute atomic E-state index is 0.0109. The Balaban J connectivity index is 1.80. The first-order valence-electron chi connectivity index (χ1n) is 10.7. The van der Waals surface area contributed by atoms with Crippen LogP contribution < -0.4 is 5.32 Å². The second-order valence-electron chi connectivity index (χ2n) is 10.2. The molecule has 1 unspecified atom stereocenters. The van der Waals surface area contributed by atoms with Crippen molar-refractivity contribution in [3.05, 3.63) is 22.5 Å². The molecule has 3 rings (SSSR count). The molecule has 1 amide bonds. The van der Waals surface area contributed by atoms with Crippen molar-refractivity contribution < 1.29 is 9.59 Å². The van der Waals surface area contributed by atoms with Gasteiger partial charge in [-0.2, -0.15) is 0 Å². The van der Waals surface area contributed by atoms with Gasteiger partial charge in [0.1, 0.15) is 0 Å². The molecule has 1 saturated heterocycles. The van der Waals surface area contributed by atoms with Gasteiger partial charge in [0.15, 0.2) is 5.78 Å². The fraction of sp³-hybridized carbons (Fsp3) is 0.739. The summed E-state index contributed by atoms with van der Waals surface area (Å²) in [6.45, 7) is 14.5. The summed E-state index contributed by atoms with van der Waals surface area (Å²) in [7, 11) is 2.13. The summed E-state index contributed by atoms with van der Waals surface area (Å²) >= 11 is 0. The highest BCUT2D eigenvalue weighted by Crippen LogP contribution is 2.39. The number of hydrogen-bond donors (Lipinski definition) is 1. The first-order valence-corrected chi connectivity index (χ1v) is 10.7. The monoisotopic (exact) mass is 387 g/mol. The Labute approximate surface area is 169 Å². The zero-order valence-electron chi connectivity index (χ0n) is 18.6. The molecular weight excluding hydrogens is 350 g/mol. The molecule has 1 atom stereocenters. The fourth-order valence-corrected chi connectivity index (χ4v) is 5.10. The lowest BCUT2D eigenvalue weighted by Crippen LogP contribution is -2.38. The summed E-state index contributed by atoms with van der Waals surface area (Å²) in [5.74, 6) is 0.240. The normalized spacial score (nSPS) is 24.4. The Morgan fingerprint density at radius 1 is 1.21 bits per heavy atom. The van der Waals surface area contributed by atoms with Crippen molar-refractivity contribution in [3.8, 4) is 0 Å². The topological polar surface area (TPSA) is 54.3 Å². The number of carbonyl (C=O) groups is 2. The largest absolute Gasteiger partial charge is 0.355 e. The van der Waals surface area contributed by atoms with Gasteiger partial charge in [0.05, 0.1) is 6.42 Å². The summed E-state index contributed by atoms with van der Waals surface area (Å²) in [5, 5.41) is 3.15. The lowest BCUT2D eigenvalue weighted by Gasteiger charge is -2.30. The molecule has 1 aliphatic heterocycles. The van der Waals surface area contributed by atoms with Gasteiger partial charge >= 0.3 is 0 Å². The zero-order chi connectivity index (χ0) is 20.7. The van der Waals surface area contributed by atoms with Crippen molar-refractivity contribution >= 4 is 11.7 Å². The van der Waals surface area contributed by atoms with Gasteiger partial charge in [-0.1, -0.05) is 27.7 Å². The van der Waals surface area contributed by atoms with Crippen LogP contribution in [0.3, 0.4) is 0 Å². The molecule has 0 radical (unpaired) electrons. The quantitative estimate of drug-likeness (QED) is 0.814. The summed E-state index contributed by atoms with van der Waals surface area (Å²) in [6.07, 6.45) is 3.91. The van der Waals surface area contributed by atoms with Gasteiger partial charge in [-0.25, -0.2) is 0 Å². The van der Waals surface area contributed by atoms with Crippen molar-refractivity contribution in [2.24, 2.45) is 10.8 Å². The van der Waals surface area contributed by atoms with Crippen LogP contribution in [-0.2, 0) is 24.2 Å². The molecule has 1 N–H and O–H groups in total. The van der Waals surface area contributed by atoms with Crippen LogP contribution in [0, 0.1) is 17.8 Å². The van der Waals surface area contributed by atoms with E-state index in [0.717, 1.165) is 61.4 Å². The van der Waals surface area contributed by atoms with Crippen LogP contribution in [0.5, 0.6) is 0 Å². The second-order valence-corrected chi connectivity index (χ2v) is 10.2. The van der Waals surface area contributed by atoms with Gasteiger partial charge in [0.2, 0.25) is 5.91 Å². The van der Waals surface area contributed by atoms with Crippen molar-refractivity contribution in [1.82, 2.24) is 14.8 Å². The standard InChI is InChI=1S/C23H37N3O2/c1-7-9-26-16(2)17(21-18(26)12-22(3,4)13-19(21)27)11-20(28)24-14-23(5)8-10-25(6)15-23/h7-15H2,1-6H3,(H,24,28). The van der Waals surface area contributed by atoms with Crippen LogP contribution in [0.15, 0.2) is 0 Å². The molecule has 1 aromatic rings. The van der Waals surface area contributed by atoms with Crippen LogP contribution in [0.2, 0.25) is 0 Å². The first kappa shape index (κ1) is 21.1. The second kappa shape index (κ2) is 7.66. The fourth-order valence-electron chi connectivity index (χ4n) is 5.10. The molecule has 0 saturated carbocycles. The van der Waals surface area contributed by atoms with E-state index in [4.69, 9.17) is 0 Å². The highest BCUT2D eigenvalue weighted by atomic mass is 16.1. The van der Waals surface area contributed by atoms with E-state index in [2.05, 4.69) is 56.5 Å². The Morgan fingerprint density at radius 3 is 2.54 bits per heavy atom. The van der Waals surface area contributed by atoms with Crippen LogP contribution in [0.1, 0.15) is 74.3 Å². The van der Waals surface area contributed by atoms with E-state index in [9.17, 15) is 9.59 Å². The van der Waals surface area contributed by atoms with Gasteiger partial charge < -0.3 is 14.8 Å².